The number of carbonyl (C=O) groups is 1. The molecule has 10 heavy (non-hydrogen) atoms. The van der Waals surface area contributed by atoms with Crippen LogP contribution in [-0.2, 0) is 4.79 Å². The van der Waals surface area contributed by atoms with Gasteiger partial charge in [0.15, 0.2) is 5.83 Å². The third-order valence-corrected chi connectivity index (χ3v) is 1.43. The van der Waals surface area contributed by atoms with Crippen molar-refractivity contribution in [3.05, 3.63) is 12.4 Å². The first kappa shape index (κ1) is 7.21. The number of nitrogens with zero attached hydrogens (tertiary/aromatic N) is 1. The Balaban J connectivity index is 2.38. The van der Waals surface area contributed by atoms with Crippen molar-refractivity contribution in [1.82, 2.24) is 4.90 Å². The molecule has 0 aromatic heterocycles. The molecule has 0 aromatic carbocycles. The normalized spacial score (nSPS) is 18.4. The van der Waals surface area contributed by atoms with Crippen LogP contribution in [0.2, 0.25) is 0 Å². The maximum absolute atomic E-state index is 12.1. The lowest BCUT2D eigenvalue weighted by atomic mass is 10.1. The van der Waals surface area contributed by atoms with E-state index in [9.17, 15) is 9.18 Å². The molecule has 2 N–H and O–H groups in total. The van der Waals surface area contributed by atoms with Crippen LogP contribution in [0.3, 0.4) is 0 Å². The van der Waals surface area contributed by atoms with Crippen LogP contribution in [0, 0.1) is 0 Å². The number of nitrogens with two attached hydrogens (primary N) is 1. The molecule has 0 radical (unpaired) electrons. The summed E-state index contributed by atoms with van der Waals surface area (Å²) in [5.41, 5.74) is 5.36. The largest absolute Gasteiger partial charge is 0.333 e. The summed E-state index contributed by atoms with van der Waals surface area (Å²) in [6.07, 6.45) is 0. The van der Waals surface area contributed by atoms with Crippen molar-refractivity contribution >= 4 is 5.91 Å². The van der Waals surface area contributed by atoms with E-state index in [1.165, 1.54) is 4.90 Å². The van der Waals surface area contributed by atoms with Gasteiger partial charge in [-0.05, 0) is 0 Å². The topological polar surface area (TPSA) is 46.3 Å². The summed E-state index contributed by atoms with van der Waals surface area (Å²) in [5.74, 6) is -1.55. The van der Waals surface area contributed by atoms with Crippen LogP contribution in [0.15, 0.2) is 12.4 Å². The molecule has 4 heteroatoms. The Morgan fingerprint density at radius 2 is 2.20 bits per heavy atom. The zero-order valence-electron chi connectivity index (χ0n) is 5.51. The minimum absolute atomic E-state index is 0.0169. The molecule has 1 fully saturated rings. The second kappa shape index (κ2) is 2.38. The van der Waals surface area contributed by atoms with E-state index in [0.29, 0.717) is 13.1 Å². The SMILES string of the molecule is C=C(F)C(=O)N1CC(N)C1. The lowest BCUT2D eigenvalue weighted by Crippen LogP contribution is -2.57. The Labute approximate surface area is 58.3 Å². The molecule has 1 rings (SSSR count). The fourth-order valence-corrected chi connectivity index (χ4v) is 0.850. The summed E-state index contributed by atoms with van der Waals surface area (Å²) in [6, 6.07) is 0.0169. The molecule has 0 unspecified atom stereocenters. The van der Waals surface area contributed by atoms with Gasteiger partial charge in [0, 0.05) is 19.1 Å². The molecule has 1 aliphatic heterocycles. The van der Waals surface area contributed by atoms with E-state index in [-0.39, 0.29) is 6.04 Å². The van der Waals surface area contributed by atoms with Gasteiger partial charge in [0.1, 0.15) is 0 Å². The highest BCUT2D eigenvalue weighted by atomic mass is 19.1. The van der Waals surface area contributed by atoms with E-state index < -0.39 is 11.7 Å². The molecular formula is C6H9FN2O. The first-order valence-electron chi connectivity index (χ1n) is 3.00. The summed E-state index contributed by atoms with van der Waals surface area (Å²) in [6.45, 7) is 3.78. The van der Waals surface area contributed by atoms with Crippen molar-refractivity contribution in [2.75, 3.05) is 13.1 Å². The standard InChI is InChI=1S/C6H9FN2O/c1-4(7)6(10)9-2-5(8)3-9/h5H,1-3,8H2. The highest BCUT2D eigenvalue weighted by Crippen LogP contribution is 2.09. The van der Waals surface area contributed by atoms with Crippen molar-refractivity contribution in [2.24, 2.45) is 5.73 Å². The van der Waals surface area contributed by atoms with Crippen molar-refractivity contribution in [1.29, 1.82) is 0 Å². The van der Waals surface area contributed by atoms with Gasteiger partial charge in [-0.15, -0.1) is 0 Å². The van der Waals surface area contributed by atoms with Crippen LogP contribution in [0.25, 0.3) is 0 Å². The summed E-state index contributed by atoms with van der Waals surface area (Å²) in [5, 5.41) is 0. The van der Waals surface area contributed by atoms with Crippen LogP contribution in [0.5, 0.6) is 0 Å². The minimum Gasteiger partial charge on any atom is -0.333 e. The van der Waals surface area contributed by atoms with Gasteiger partial charge < -0.3 is 10.6 Å². The summed E-state index contributed by atoms with van der Waals surface area (Å²) in [4.78, 5) is 12.0. The molecule has 3 nitrogen and oxygen atoms in total. The van der Waals surface area contributed by atoms with E-state index in [0.717, 1.165) is 0 Å². The second-order valence-corrected chi connectivity index (χ2v) is 2.38. The minimum atomic E-state index is -0.910. The van der Waals surface area contributed by atoms with E-state index in [1.807, 2.05) is 0 Å². The molecule has 1 heterocycles. The Kier molecular flexibility index (Phi) is 1.72. The van der Waals surface area contributed by atoms with E-state index in [1.54, 1.807) is 0 Å². The smallest absolute Gasteiger partial charge is 0.282 e. The summed E-state index contributed by atoms with van der Waals surface area (Å²) in [7, 11) is 0. The van der Waals surface area contributed by atoms with Crippen molar-refractivity contribution in [3.63, 3.8) is 0 Å². The van der Waals surface area contributed by atoms with Crippen LogP contribution in [-0.4, -0.2) is 29.9 Å². The fourth-order valence-electron chi connectivity index (χ4n) is 0.850. The molecule has 0 saturated carbocycles. The third kappa shape index (κ3) is 1.16. The Morgan fingerprint density at radius 1 is 1.70 bits per heavy atom. The van der Waals surface area contributed by atoms with Gasteiger partial charge in [0.05, 0.1) is 0 Å². The molecule has 1 aliphatic rings. The number of likely N-dealkylation sites (tertiary alicyclic amines) is 1. The molecular weight excluding hydrogens is 135 g/mol. The quantitative estimate of drug-likeness (QED) is 0.511. The Morgan fingerprint density at radius 3 is 2.50 bits per heavy atom. The van der Waals surface area contributed by atoms with Crippen LogP contribution < -0.4 is 5.73 Å². The van der Waals surface area contributed by atoms with Crippen molar-refractivity contribution in [2.45, 2.75) is 6.04 Å². The highest BCUT2D eigenvalue weighted by molar-refractivity contribution is 5.91. The number of halogens is 1. The van der Waals surface area contributed by atoms with Crippen LogP contribution in [0.1, 0.15) is 0 Å². The van der Waals surface area contributed by atoms with Gasteiger partial charge in [0.25, 0.3) is 5.91 Å². The molecule has 0 aromatic rings. The van der Waals surface area contributed by atoms with Crippen molar-refractivity contribution < 1.29 is 9.18 Å². The van der Waals surface area contributed by atoms with Gasteiger partial charge in [-0.3, -0.25) is 4.79 Å². The average Bonchev–Trinajstić information content (AvgIpc) is 1.79. The maximum Gasteiger partial charge on any atom is 0.282 e. The van der Waals surface area contributed by atoms with Crippen molar-refractivity contribution in [3.8, 4) is 0 Å². The summed E-state index contributed by atoms with van der Waals surface area (Å²) < 4.78 is 12.1. The summed E-state index contributed by atoms with van der Waals surface area (Å²) >= 11 is 0. The number of hydrogen-bond donors (Lipinski definition) is 1. The first-order chi connectivity index (χ1) is 4.61. The van der Waals surface area contributed by atoms with E-state index in [2.05, 4.69) is 6.58 Å². The molecule has 0 spiro atoms. The fraction of sp³-hybridized carbons (Fsp3) is 0.500. The third-order valence-electron chi connectivity index (χ3n) is 1.43. The number of amides is 1. The molecule has 0 bridgehead atoms. The molecule has 56 valence electrons. The average molecular weight is 144 g/mol. The number of rotatable bonds is 1. The second-order valence-electron chi connectivity index (χ2n) is 2.38. The van der Waals surface area contributed by atoms with Gasteiger partial charge >= 0.3 is 0 Å². The number of carbonyl (C=O) groups excluding carboxylic acids is 1. The van der Waals surface area contributed by atoms with Crippen LogP contribution >= 0.6 is 0 Å². The van der Waals surface area contributed by atoms with Gasteiger partial charge in [-0.25, -0.2) is 4.39 Å². The Bertz CT molecular complexity index is 175. The van der Waals surface area contributed by atoms with Crippen LogP contribution in [0.4, 0.5) is 4.39 Å². The highest BCUT2D eigenvalue weighted by Gasteiger charge is 2.28. The van der Waals surface area contributed by atoms with Gasteiger partial charge in [-0.1, -0.05) is 6.58 Å². The molecule has 0 aliphatic carbocycles. The zero-order chi connectivity index (χ0) is 7.72. The maximum atomic E-state index is 12.1. The predicted octanol–water partition coefficient (Wildman–Crippen LogP) is -0.361. The number of hydrogen-bond acceptors (Lipinski definition) is 2. The van der Waals surface area contributed by atoms with Gasteiger partial charge in [-0.2, -0.15) is 0 Å². The van der Waals surface area contributed by atoms with Gasteiger partial charge in [0.2, 0.25) is 0 Å². The zero-order valence-corrected chi connectivity index (χ0v) is 5.51. The van der Waals surface area contributed by atoms with E-state index >= 15 is 0 Å². The van der Waals surface area contributed by atoms with E-state index in [4.69, 9.17) is 5.73 Å². The predicted molar refractivity (Wildman–Crippen MR) is 34.8 cm³/mol. The monoisotopic (exact) mass is 144 g/mol. The first-order valence-corrected chi connectivity index (χ1v) is 3.00. The Hall–Kier alpha value is -0.900. The lowest BCUT2D eigenvalue weighted by Gasteiger charge is -2.36. The lowest BCUT2D eigenvalue weighted by molar-refractivity contribution is -0.132. The molecule has 1 saturated heterocycles. The molecule has 1 amide bonds. The molecule has 0 atom stereocenters.